The Balaban J connectivity index is 2.05. The van der Waals surface area contributed by atoms with Crippen LogP contribution in [0, 0.1) is 0 Å². The molecule has 0 saturated heterocycles. The molecule has 1 amide bonds. The van der Waals surface area contributed by atoms with Gasteiger partial charge >= 0.3 is 0 Å². The number of furan rings is 1. The van der Waals surface area contributed by atoms with Crippen molar-refractivity contribution in [1.82, 2.24) is 4.57 Å². The normalized spacial score (nSPS) is 11.4. The Hall–Kier alpha value is -3.01. The summed E-state index contributed by atoms with van der Waals surface area (Å²) in [5.41, 5.74) is 9.58. The van der Waals surface area contributed by atoms with Gasteiger partial charge in [0.05, 0.1) is 18.3 Å². The SMILES string of the molecule is CCCc1ccc2c3c(C(N)=O)cccc3n(Cc3ccco3)c2c1. The van der Waals surface area contributed by atoms with E-state index in [1.807, 2.05) is 24.3 Å². The summed E-state index contributed by atoms with van der Waals surface area (Å²) in [4.78, 5) is 11.9. The van der Waals surface area contributed by atoms with Crippen molar-refractivity contribution in [2.24, 2.45) is 5.73 Å². The van der Waals surface area contributed by atoms with E-state index in [1.165, 1.54) is 5.56 Å². The fourth-order valence-corrected chi connectivity index (χ4v) is 3.57. The highest BCUT2D eigenvalue weighted by molar-refractivity contribution is 6.17. The third-order valence-corrected chi connectivity index (χ3v) is 4.65. The van der Waals surface area contributed by atoms with Crippen LogP contribution in [0.4, 0.5) is 0 Å². The minimum absolute atomic E-state index is 0.403. The van der Waals surface area contributed by atoms with E-state index in [9.17, 15) is 4.79 Å². The summed E-state index contributed by atoms with van der Waals surface area (Å²) in [6.45, 7) is 2.79. The highest BCUT2D eigenvalue weighted by atomic mass is 16.3. The van der Waals surface area contributed by atoms with E-state index in [0.717, 1.165) is 40.4 Å². The van der Waals surface area contributed by atoms with Gasteiger partial charge in [-0.3, -0.25) is 4.79 Å². The summed E-state index contributed by atoms with van der Waals surface area (Å²) < 4.78 is 7.75. The molecule has 2 aromatic heterocycles. The van der Waals surface area contributed by atoms with E-state index in [2.05, 4.69) is 29.7 Å². The number of aromatic nitrogens is 1. The molecule has 0 aliphatic carbocycles. The standard InChI is InChI=1S/C21H20N2O2/c1-2-5-14-9-10-16-19(12-14)23(13-15-6-4-11-25-15)18-8-3-7-17(20(16)18)21(22)24/h3-4,6-12H,2,5,13H2,1H3,(H2,22,24). The van der Waals surface area contributed by atoms with Gasteiger partial charge in [0.1, 0.15) is 5.76 Å². The number of rotatable bonds is 5. The lowest BCUT2D eigenvalue weighted by molar-refractivity contribution is 0.100. The predicted molar refractivity (Wildman–Crippen MR) is 99.8 cm³/mol. The van der Waals surface area contributed by atoms with E-state index in [0.29, 0.717) is 12.1 Å². The lowest BCUT2D eigenvalue weighted by Gasteiger charge is -2.07. The fourth-order valence-electron chi connectivity index (χ4n) is 3.57. The molecule has 2 aromatic carbocycles. The highest BCUT2D eigenvalue weighted by Crippen LogP contribution is 2.33. The molecule has 0 atom stereocenters. The minimum Gasteiger partial charge on any atom is -0.467 e. The van der Waals surface area contributed by atoms with Crippen molar-refractivity contribution in [2.45, 2.75) is 26.3 Å². The largest absolute Gasteiger partial charge is 0.467 e. The lowest BCUT2D eigenvalue weighted by atomic mass is 10.0. The van der Waals surface area contributed by atoms with Gasteiger partial charge in [-0.15, -0.1) is 0 Å². The predicted octanol–water partition coefficient (Wildman–Crippen LogP) is 4.49. The molecule has 4 aromatic rings. The Morgan fingerprint density at radius 2 is 2.00 bits per heavy atom. The molecule has 2 heterocycles. The molecule has 0 unspecified atom stereocenters. The second-order valence-electron chi connectivity index (χ2n) is 6.33. The molecule has 4 nitrogen and oxygen atoms in total. The summed E-state index contributed by atoms with van der Waals surface area (Å²) in [5.74, 6) is 0.476. The molecule has 4 rings (SSSR count). The smallest absolute Gasteiger partial charge is 0.249 e. The molecule has 0 bridgehead atoms. The molecule has 2 N–H and O–H groups in total. The average molecular weight is 332 g/mol. The van der Waals surface area contributed by atoms with Crippen molar-refractivity contribution in [3.63, 3.8) is 0 Å². The van der Waals surface area contributed by atoms with Gasteiger partial charge in [-0.05, 0) is 42.3 Å². The monoisotopic (exact) mass is 332 g/mol. The van der Waals surface area contributed by atoms with Crippen molar-refractivity contribution in [3.05, 3.63) is 71.7 Å². The number of hydrogen-bond donors (Lipinski definition) is 1. The van der Waals surface area contributed by atoms with Crippen molar-refractivity contribution >= 4 is 27.7 Å². The lowest BCUT2D eigenvalue weighted by Crippen LogP contribution is -2.11. The van der Waals surface area contributed by atoms with E-state index < -0.39 is 5.91 Å². The van der Waals surface area contributed by atoms with Gasteiger partial charge in [-0.1, -0.05) is 31.5 Å². The number of benzene rings is 2. The van der Waals surface area contributed by atoms with Crippen LogP contribution in [0.1, 0.15) is 35.0 Å². The average Bonchev–Trinajstić information content (AvgIpc) is 3.22. The molecule has 0 aliphatic heterocycles. The van der Waals surface area contributed by atoms with Crippen LogP contribution in [0.25, 0.3) is 21.8 Å². The second kappa shape index (κ2) is 6.13. The van der Waals surface area contributed by atoms with E-state index >= 15 is 0 Å². The van der Waals surface area contributed by atoms with Crippen LogP contribution in [0.2, 0.25) is 0 Å². The van der Waals surface area contributed by atoms with Gasteiger partial charge in [0.15, 0.2) is 0 Å². The van der Waals surface area contributed by atoms with Crippen LogP contribution in [0.3, 0.4) is 0 Å². The van der Waals surface area contributed by atoms with E-state index in [4.69, 9.17) is 10.2 Å². The molecule has 0 spiro atoms. The molecule has 25 heavy (non-hydrogen) atoms. The van der Waals surface area contributed by atoms with Crippen molar-refractivity contribution < 1.29 is 9.21 Å². The fraction of sp³-hybridized carbons (Fsp3) is 0.190. The van der Waals surface area contributed by atoms with Crippen LogP contribution < -0.4 is 5.73 Å². The number of aryl methyl sites for hydroxylation is 1. The number of carbonyl (C=O) groups is 1. The Morgan fingerprint density at radius 1 is 1.12 bits per heavy atom. The van der Waals surface area contributed by atoms with Gasteiger partial charge in [0.2, 0.25) is 5.91 Å². The molecule has 0 aliphatic rings. The Labute approximate surface area is 145 Å². The quantitative estimate of drug-likeness (QED) is 0.585. The molecule has 0 saturated carbocycles. The number of nitrogens with two attached hydrogens (primary N) is 1. The van der Waals surface area contributed by atoms with E-state index in [1.54, 1.807) is 12.3 Å². The van der Waals surface area contributed by atoms with Gasteiger partial charge in [-0.2, -0.15) is 0 Å². The minimum atomic E-state index is -0.403. The number of fused-ring (bicyclic) bond motifs is 3. The Kier molecular flexibility index (Phi) is 3.80. The summed E-state index contributed by atoms with van der Waals surface area (Å²) >= 11 is 0. The maximum atomic E-state index is 11.9. The molecular weight excluding hydrogens is 312 g/mol. The molecule has 126 valence electrons. The van der Waals surface area contributed by atoms with Crippen LogP contribution in [-0.4, -0.2) is 10.5 Å². The summed E-state index contributed by atoms with van der Waals surface area (Å²) in [6, 6.07) is 16.0. The van der Waals surface area contributed by atoms with Gasteiger partial charge < -0.3 is 14.7 Å². The third-order valence-electron chi connectivity index (χ3n) is 4.65. The number of amides is 1. The first kappa shape index (κ1) is 15.5. The first-order chi connectivity index (χ1) is 12.2. The Bertz CT molecular complexity index is 1060. The number of hydrogen-bond acceptors (Lipinski definition) is 2. The topological polar surface area (TPSA) is 61.2 Å². The summed E-state index contributed by atoms with van der Waals surface area (Å²) in [6.07, 6.45) is 3.80. The van der Waals surface area contributed by atoms with Crippen molar-refractivity contribution in [1.29, 1.82) is 0 Å². The molecule has 4 heteroatoms. The summed E-state index contributed by atoms with van der Waals surface area (Å²) in [5, 5.41) is 1.97. The van der Waals surface area contributed by atoms with Crippen LogP contribution in [-0.2, 0) is 13.0 Å². The van der Waals surface area contributed by atoms with Crippen LogP contribution in [0.15, 0.2) is 59.2 Å². The van der Waals surface area contributed by atoms with Crippen molar-refractivity contribution in [3.8, 4) is 0 Å². The van der Waals surface area contributed by atoms with Crippen LogP contribution >= 0.6 is 0 Å². The zero-order valence-corrected chi connectivity index (χ0v) is 14.2. The summed E-state index contributed by atoms with van der Waals surface area (Å²) in [7, 11) is 0. The number of nitrogens with zero attached hydrogens (tertiary/aromatic N) is 1. The zero-order chi connectivity index (χ0) is 17.4. The van der Waals surface area contributed by atoms with E-state index in [-0.39, 0.29) is 0 Å². The molecule has 0 fully saturated rings. The van der Waals surface area contributed by atoms with Gasteiger partial charge in [0, 0.05) is 21.9 Å². The van der Waals surface area contributed by atoms with Crippen LogP contribution in [0.5, 0.6) is 0 Å². The first-order valence-corrected chi connectivity index (χ1v) is 8.55. The van der Waals surface area contributed by atoms with Crippen molar-refractivity contribution in [2.75, 3.05) is 0 Å². The third kappa shape index (κ3) is 2.60. The zero-order valence-electron chi connectivity index (χ0n) is 14.2. The maximum Gasteiger partial charge on any atom is 0.249 e. The number of primary amides is 1. The molecular formula is C21H20N2O2. The number of carbonyl (C=O) groups excluding carboxylic acids is 1. The maximum absolute atomic E-state index is 11.9. The van der Waals surface area contributed by atoms with Gasteiger partial charge in [0.25, 0.3) is 0 Å². The van der Waals surface area contributed by atoms with Gasteiger partial charge in [-0.25, -0.2) is 0 Å². The second-order valence-corrected chi connectivity index (χ2v) is 6.33. The highest BCUT2D eigenvalue weighted by Gasteiger charge is 2.17. The Morgan fingerprint density at radius 3 is 2.72 bits per heavy atom. The molecule has 0 radical (unpaired) electrons. The first-order valence-electron chi connectivity index (χ1n) is 8.55.